The van der Waals surface area contributed by atoms with Crippen molar-refractivity contribution in [2.45, 2.75) is 51.4 Å². The lowest BCUT2D eigenvalue weighted by Gasteiger charge is -2.39. The van der Waals surface area contributed by atoms with Crippen LogP contribution < -0.4 is 10.5 Å². The fraction of sp³-hybridized carbons (Fsp3) is 0.303. The smallest absolute Gasteiger partial charge is 0.410 e. The largest absolute Gasteiger partial charge is 0.445 e. The van der Waals surface area contributed by atoms with Gasteiger partial charge in [-0.1, -0.05) is 48.0 Å². The first-order valence-corrected chi connectivity index (χ1v) is 15.6. The van der Waals surface area contributed by atoms with Crippen molar-refractivity contribution in [2.75, 3.05) is 23.5 Å². The van der Waals surface area contributed by atoms with Crippen LogP contribution in [0, 0.1) is 5.82 Å². The monoisotopic (exact) mass is 622 g/mol. The summed E-state index contributed by atoms with van der Waals surface area (Å²) in [6.07, 6.45) is 5.22. The molecule has 2 atom stereocenters. The molecule has 3 aromatic rings. The maximum absolute atomic E-state index is 14.1. The third kappa shape index (κ3) is 8.75. The van der Waals surface area contributed by atoms with Crippen molar-refractivity contribution < 1.29 is 27.1 Å². The first kappa shape index (κ1) is 31.4. The third-order valence-corrected chi connectivity index (χ3v) is 8.32. The standard InChI is InChI=1S/C33H36F2N4O4S/c34-28-9-6-23(7-10-28)16-32-18-27-17-29(35)11-8-26(27)21-38(32)12-13-39(33(40)43-22-24-4-2-1-3-5-24)20-25-14-30(36)19-31(15-25)37-44(41)42/h1-6,8-9,11,14-15,17,19,32,37H,7,10,12-13,16,18,20-22,36H2,(H,41,42). The molecule has 8 nitrogen and oxygen atoms in total. The summed E-state index contributed by atoms with van der Waals surface area (Å²) in [5.74, 6) is -0.400. The molecule has 0 spiro atoms. The minimum Gasteiger partial charge on any atom is -0.445 e. The van der Waals surface area contributed by atoms with Crippen molar-refractivity contribution in [2.24, 2.45) is 0 Å². The summed E-state index contributed by atoms with van der Waals surface area (Å²) in [6.45, 7) is 1.67. The number of nitrogens with one attached hydrogen (secondary N) is 1. The van der Waals surface area contributed by atoms with Crippen LogP contribution in [0.1, 0.15) is 41.5 Å². The summed E-state index contributed by atoms with van der Waals surface area (Å²) < 4.78 is 56.5. The fourth-order valence-electron chi connectivity index (χ4n) is 5.74. The third-order valence-electron chi connectivity index (χ3n) is 7.91. The maximum atomic E-state index is 14.1. The lowest BCUT2D eigenvalue weighted by molar-refractivity contribution is 0.0818. The Labute approximate surface area is 258 Å². The molecule has 1 aliphatic heterocycles. The van der Waals surface area contributed by atoms with E-state index in [1.807, 2.05) is 42.5 Å². The van der Waals surface area contributed by atoms with Gasteiger partial charge in [-0.2, -0.15) is 0 Å². The lowest BCUT2D eigenvalue weighted by Crippen LogP contribution is -2.45. The van der Waals surface area contributed by atoms with Crippen LogP contribution in [-0.4, -0.2) is 43.8 Å². The quantitative estimate of drug-likeness (QED) is 0.167. The second-order valence-corrected chi connectivity index (χ2v) is 11.9. The van der Waals surface area contributed by atoms with E-state index in [0.717, 1.165) is 22.3 Å². The number of nitrogens with two attached hydrogens (primary N) is 1. The van der Waals surface area contributed by atoms with Gasteiger partial charge < -0.3 is 15.4 Å². The maximum Gasteiger partial charge on any atom is 0.410 e. The molecule has 1 aliphatic carbocycles. The van der Waals surface area contributed by atoms with Crippen molar-refractivity contribution in [1.29, 1.82) is 0 Å². The van der Waals surface area contributed by atoms with Crippen LogP contribution in [0.2, 0.25) is 0 Å². The molecule has 11 heteroatoms. The number of rotatable bonds is 11. The number of halogens is 2. The zero-order chi connectivity index (χ0) is 31.1. The summed E-state index contributed by atoms with van der Waals surface area (Å²) in [4.78, 5) is 17.3. The second kappa shape index (κ2) is 14.6. The molecule has 5 rings (SSSR count). The van der Waals surface area contributed by atoms with Crippen molar-refractivity contribution >= 4 is 28.7 Å². The van der Waals surface area contributed by atoms with E-state index in [9.17, 15) is 22.3 Å². The fourth-order valence-corrected chi connectivity index (χ4v) is 6.06. The van der Waals surface area contributed by atoms with Gasteiger partial charge in [0, 0.05) is 44.3 Å². The molecule has 0 bridgehead atoms. The highest BCUT2D eigenvalue weighted by molar-refractivity contribution is 7.80. The number of benzene rings is 3. The predicted molar refractivity (Wildman–Crippen MR) is 168 cm³/mol. The van der Waals surface area contributed by atoms with Crippen LogP contribution in [-0.2, 0) is 42.1 Å². The topological polar surface area (TPSA) is 108 Å². The van der Waals surface area contributed by atoms with E-state index < -0.39 is 17.4 Å². The van der Waals surface area contributed by atoms with Crippen LogP contribution >= 0.6 is 0 Å². The Hall–Kier alpha value is -4.06. The molecule has 3 aromatic carbocycles. The van der Waals surface area contributed by atoms with Gasteiger partial charge in [0.2, 0.25) is 0 Å². The van der Waals surface area contributed by atoms with Gasteiger partial charge in [0.25, 0.3) is 11.3 Å². The number of ether oxygens (including phenoxy) is 1. The number of fused-ring (bicyclic) bond motifs is 1. The Morgan fingerprint density at radius 3 is 2.61 bits per heavy atom. The van der Waals surface area contributed by atoms with E-state index in [1.54, 1.807) is 23.1 Å². The van der Waals surface area contributed by atoms with Crippen LogP contribution in [0.15, 0.2) is 90.3 Å². The predicted octanol–water partition coefficient (Wildman–Crippen LogP) is 6.49. The summed E-state index contributed by atoms with van der Waals surface area (Å²) in [5.41, 5.74) is 11.4. The Kier molecular flexibility index (Phi) is 10.4. The molecular weight excluding hydrogens is 586 g/mol. The second-order valence-electron chi connectivity index (χ2n) is 11.2. The van der Waals surface area contributed by atoms with Gasteiger partial charge >= 0.3 is 6.09 Å². The Bertz CT molecular complexity index is 1570. The summed E-state index contributed by atoms with van der Waals surface area (Å²) in [5, 5.41) is 0. The number of carbonyl (C=O) groups excluding carboxylic acids is 1. The van der Waals surface area contributed by atoms with E-state index in [4.69, 9.17) is 10.5 Å². The van der Waals surface area contributed by atoms with Gasteiger partial charge in [0.15, 0.2) is 0 Å². The SMILES string of the molecule is Nc1cc(CN(CCN2Cc3ccc(F)cc3CC2CC2=CC=C(F)CC2)C(=O)OCc2ccccc2)cc(NS(=O)O)c1. The van der Waals surface area contributed by atoms with Gasteiger partial charge in [-0.05, 0) is 77.9 Å². The summed E-state index contributed by atoms with van der Waals surface area (Å²) in [6, 6.07) is 19.2. The average Bonchev–Trinajstić information content (AvgIpc) is 2.99. The molecule has 232 valence electrons. The average molecular weight is 623 g/mol. The van der Waals surface area contributed by atoms with Crippen LogP contribution in [0.25, 0.3) is 0 Å². The highest BCUT2D eigenvalue weighted by atomic mass is 32.2. The van der Waals surface area contributed by atoms with Crippen molar-refractivity contribution in [1.82, 2.24) is 9.80 Å². The summed E-state index contributed by atoms with van der Waals surface area (Å²) in [7, 11) is 0. The zero-order valence-corrected chi connectivity index (χ0v) is 25.1. The first-order chi connectivity index (χ1) is 21.2. The van der Waals surface area contributed by atoms with Gasteiger partial charge in [-0.25, -0.2) is 17.8 Å². The molecule has 0 fully saturated rings. The van der Waals surface area contributed by atoms with E-state index >= 15 is 0 Å². The number of nitrogens with zero attached hydrogens (tertiary/aromatic N) is 2. The molecule has 0 aromatic heterocycles. The van der Waals surface area contributed by atoms with Crippen LogP contribution in [0.3, 0.4) is 0 Å². The van der Waals surface area contributed by atoms with Gasteiger partial charge in [0.05, 0.1) is 5.69 Å². The Morgan fingerprint density at radius 2 is 1.86 bits per heavy atom. The zero-order valence-electron chi connectivity index (χ0n) is 24.3. The molecular formula is C33H36F2N4O4S. The number of allylic oxidation sites excluding steroid dienone is 3. The van der Waals surface area contributed by atoms with Gasteiger partial charge in [-0.15, -0.1) is 0 Å². The molecule has 0 saturated heterocycles. The molecule has 2 aliphatic rings. The Balaban J connectivity index is 1.36. The molecule has 1 amide bonds. The molecule has 2 unspecified atom stereocenters. The normalized spacial score (nSPS) is 17.2. The molecule has 0 saturated carbocycles. The molecule has 4 N–H and O–H groups in total. The van der Waals surface area contributed by atoms with E-state index in [-0.39, 0.29) is 30.8 Å². The number of carbonyl (C=O) groups is 1. The van der Waals surface area contributed by atoms with E-state index in [2.05, 4.69) is 9.62 Å². The van der Waals surface area contributed by atoms with Crippen molar-refractivity contribution in [3.8, 4) is 0 Å². The van der Waals surface area contributed by atoms with E-state index in [1.165, 1.54) is 18.2 Å². The highest BCUT2D eigenvalue weighted by Gasteiger charge is 2.29. The van der Waals surface area contributed by atoms with Crippen LogP contribution in [0.5, 0.6) is 0 Å². The van der Waals surface area contributed by atoms with Crippen molar-refractivity contribution in [3.05, 3.63) is 118 Å². The number of hydrogen-bond donors (Lipinski definition) is 3. The Morgan fingerprint density at radius 1 is 1.05 bits per heavy atom. The number of amides is 1. The summed E-state index contributed by atoms with van der Waals surface area (Å²) >= 11 is -2.28. The highest BCUT2D eigenvalue weighted by Crippen LogP contribution is 2.31. The lowest BCUT2D eigenvalue weighted by atomic mass is 9.88. The first-order valence-electron chi connectivity index (χ1n) is 14.5. The minimum atomic E-state index is -2.28. The van der Waals surface area contributed by atoms with Crippen molar-refractivity contribution in [3.63, 3.8) is 0 Å². The minimum absolute atomic E-state index is 0.0370. The number of anilines is 2. The number of hydrogen-bond acceptors (Lipinski definition) is 5. The van der Waals surface area contributed by atoms with Gasteiger partial charge in [-0.3, -0.25) is 14.2 Å². The van der Waals surface area contributed by atoms with Gasteiger partial charge in [0.1, 0.15) is 18.3 Å². The molecule has 1 heterocycles. The van der Waals surface area contributed by atoms with Crippen LogP contribution in [0.4, 0.5) is 25.0 Å². The molecule has 44 heavy (non-hydrogen) atoms. The molecule has 0 radical (unpaired) electrons. The van der Waals surface area contributed by atoms with E-state index in [0.29, 0.717) is 62.3 Å². The number of nitrogen functional groups attached to an aromatic ring is 1.